The van der Waals surface area contributed by atoms with Crippen LogP contribution in [0.15, 0.2) is 30.0 Å². The molecule has 0 radical (unpaired) electrons. The van der Waals surface area contributed by atoms with E-state index in [0.29, 0.717) is 5.69 Å². The maximum absolute atomic E-state index is 11.9. The molecule has 0 saturated carbocycles. The van der Waals surface area contributed by atoms with Crippen molar-refractivity contribution in [2.75, 3.05) is 12.4 Å². The van der Waals surface area contributed by atoms with E-state index < -0.39 is 16.4 Å². The van der Waals surface area contributed by atoms with Crippen LogP contribution in [0.4, 0.5) is 11.4 Å². The Morgan fingerprint density at radius 3 is 2.57 bits per heavy atom. The Morgan fingerprint density at radius 2 is 2.09 bits per heavy atom. The molecule has 0 saturated heterocycles. The average molecular weight is 318 g/mol. The van der Waals surface area contributed by atoms with E-state index >= 15 is 0 Å². The van der Waals surface area contributed by atoms with Crippen LogP contribution < -0.4 is 15.4 Å². The Hall–Kier alpha value is -3.08. The van der Waals surface area contributed by atoms with Gasteiger partial charge in [-0.2, -0.15) is 5.26 Å². The van der Waals surface area contributed by atoms with Crippen LogP contribution in [-0.4, -0.2) is 23.5 Å². The molecule has 0 fully saturated rings. The SMILES string of the molecule is COc1cc([N+](=O)[O-])ccc1N/C=C(/C#N)C(=O)NC(C)(C)C. The van der Waals surface area contributed by atoms with Crippen LogP contribution >= 0.6 is 0 Å². The average Bonchev–Trinajstić information content (AvgIpc) is 2.45. The first kappa shape index (κ1) is 18.0. The fraction of sp³-hybridized carbons (Fsp3) is 0.333. The van der Waals surface area contributed by atoms with E-state index in [2.05, 4.69) is 10.6 Å². The normalized spacial score (nSPS) is 11.3. The highest BCUT2D eigenvalue weighted by molar-refractivity contribution is 5.98. The number of nitro groups is 1. The largest absolute Gasteiger partial charge is 0.494 e. The molecule has 0 aliphatic carbocycles. The summed E-state index contributed by atoms with van der Waals surface area (Å²) in [5.41, 5.74) is -0.324. The van der Waals surface area contributed by atoms with Crippen LogP contribution in [0.1, 0.15) is 20.8 Å². The molecular formula is C15H18N4O4. The predicted molar refractivity (Wildman–Crippen MR) is 84.9 cm³/mol. The first-order valence-electron chi connectivity index (χ1n) is 6.69. The molecule has 23 heavy (non-hydrogen) atoms. The van der Waals surface area contributed by atoms with Gasteiger partial charge in [-0.1, -0.05) is 0 Å². The van der Waals surface area contributed by atoms with Crippen LogP contribution in [0.25, 0.3) is 0 Å². The molecule has 0 bridgehead atoms. The molecule has 1 rings (SSSR count). The molecule has 0 aliphatic rings. The molecule has 1 amide bonds. The zero-order valence-corrected chi connectivity index (χ0v) is 13.3. The highest BCUT2D eigenvalue weighted by atomic mass is 16.6. The first-order valence-corrected chi connectivity index (χ1v) is 6.69. The van der Waals surface area contributed by atoms with Gasteiger partial charge in [0.2, 0.25) is 0 Å². The molecular weight excluding hydrogens is 300 g/mol. The fourth-order valence-electron chi connectivity index (χ4n) is 1.62. The Balaban J connectivity index is 3.00. The molecule has 1 aromatic carbocycles. The summed E-state index contributed by atoms with van der Waals surface area (Å²) < 4.78 is 5.06. The van der Waals surface area contributed by atoms with Crippen molar-refractivity contribution in [1.29, 1.82) is 5.26 Å². The lowest BCUT2D eigenvalue weighted by Crippen LogP contribution is -2.41. The van der Waals surface area contributed by atoms with Gasteiger partial charge in [0.05, 0.1) is 23.8 Å². The molecule has 122 valence electrons. The van der Waals surface area contributed by atoms with E-state index in [1.165, 1.54) is 31.5 Å². The van der Waals surface area contributed by atoms with Crippen molar-refractivity contribution in [3.8, 4) is 11.8 Å². The maximum atomic E-state index is 11.9. The minimum Gasteiger partial charge on any atom is -0.494 e. The summed E-state index contributed by atoms with van der Waals surface area (Å²) >= 11 is 0. The van der Waals surface area contributed by atoms with Gasteiger partial charge in [0, 0.05) is 17.8 Å². The molecule has 0 spiro atoms. The summed E-state index contributed by atoms with van der Waals surface area (Å²) in [7, 11) is 1.37. The Bertz CT molecular complexity index is 684. The summed E-state index contributed by atoms with van der Waals surface area (Å²) in [6, 6.07) is 5.77. The lowest BCUT2D eigenvalue weighted by molar-refractivity contribution is -0.384. The van der Waals surface area contributed by atoms with Gasteiger partial charge in [-0.3, -0.25) is 14.9 Å². The molecule has 8 heteroatoms. The zero-order valence-electron chi connectivity index (χ0n) is 13.3. The van der Waals surface area contributed by atoms with Gasteiger partial charge in [-0.05, 0) is 26.8 Å². The molecule has 0 aliphatic heterocycles. The van der Waals surface area contributed by atoms with E-state index in [1.54, 1.807) is 26.8 Å². The van der Waals surface area contributed by atoms with Crippen molar-refractivity contribution < 1.29 is 14.5 Å². The first-order chi connectivity index (χ1) is 10.7. The van der Waals surface area contributed by atoms with Gasteiger partial charge in [0.1, 0.15) is 17.4 Å². The number of hydrogen-bond donors (Lipinski definition) is 2. The summed E-state index contributed by atoms with van der Waals surface area (Å²) in [5.74, 6) is -0.294. The predicted octanol–water partition coefficient (Wildman–Crippen LogP) is 2.34. The van der Waals surface area contributed by atoms with Crippen molar-refractivity contribution >= 4 is 17.3 Å². The van der Waals surface area contributed by atoms with Crippen molar-refractivity contribution in [3.05, 3.63) is 40.1 Å². The smallest absolute Gasteiger partial charge is 0.273 e. The van der Waals surface area contributed by atoms with Gasteiger partial charge in [0.15, 0.2) is 0 Å². The standard InChI is InChI=1S/C15H18N4O4/c1-15(2,3)18-14(20)10(8-16)9-17-12-6-5-11(19(21)22)7-13(12)23-4/h5-7,9,17H,1-4H3,(H,18,20)/b10-9-. The van der Waals surface area contributed by atoms with Gasteiger partial charge in [-0.25, -0.2) is 0 Å². The van der Waals surface area contributed by atoms with Gasteiger partial charge < -0.3 is 15.4 Å². The van der Waals surface area contributed by atoms with Gasteiger partial charge in [-0.15, -0.1) is 0 Å². The number of carbonyl (C=O) groups excluding carboxylic acids is 1. The minimum atomic E-state index is -0.542. The minimum absolute atomic E-state index is 0.123. The second-order valence-corrected chi connectivity index (χ2v) is 5.66. The van der Waals surface area contributed by atoms with Crippen molar-refractivity contribution in [2.24, 2.45) is 0 Å². The van der Waals surface area contributed by atoms with Crippen LogP contribution in [0.5, 0.6) is 5.75 Å². The molecule has 8 nitrogen and oxygen atoms in total. The quantitative estimate of drug-likeness (QED) is 0.372. The summed E-state index contributed by atoms with van der Waals surface area (Å²) in [6.07, 6.45) is 1.23. The number of nitrogens with one attached hydrogen (secondary N) is 2. The number of nitriles is 1. The molecule has 1 aromatic rings. The summed E-state index contributed by atoms with van der Waals surface area (Å²) in [6.45, 7) is 5.39. The molecule has 0 aromatic heterocycles. The number of nitro benzene ring substituents is 1. The topological polar surface area (TPSA) is 117 Å². The zero-order chi connectivity index (χ0) is 17.6. The van der Waals surface area contributed by atoms with E-state index in [9.17, 15) is 14.9 Å². The summed E-state index contributed by atoms with van der Waals surface area (Å²) in [4.78, 5) is 22.1. The third-order valence-corrected chi connectivity index (χ3v) is 2.62. The van der Waals surface area contributed by atoms with E-state index in [1.807, 2.05) is 0 Å². The Labute approximate surface area is 133 Å². The van der Waals surface area contributed by atoms with Gasteiger partial charge >= 0.3 is 0 Å². The fourth-order valence-corrected chi connectivity index (χ4v) is 1.62. The third kappa shape index (κ3) is 5.32. The van der Waals surface area contributed by atoms with Crippen LogP contribution in [0, 0.1) is 21.4 Å². The van der Waals surface area contributed by atoms with Crippen molar-refractivity contribution in [1.82, 2.24) is 5.32 Å². The second kappa shape index (κ2) is 7.26. The number of hydrogen-bond acceptors (Lipinski definition) is 6. The highest BCUT2D eigenvalue weighted by Crippen LogP contribution is 2.29. The van der Waals surface area contributed by atoms with Crippen LogP contribution in [0.3, 0.4) is 0 Å². The monoisotopic (exact) mass is 318 g/mol. The lowest BCUT2D eigenvalue weighted by Gasteiger charge is -2.20. The van der Waals surface area contributed by atoms with Crippen LogP contribution in [0.2, 0.25) is 0 Å². The van der Waals surface area contributed by atoms with Crippen molar-refractivity contribution in [3.63, 3.8) is 0 Å². The van der Waals surface area contributed by atoms with E-state index in [0.717, 1.165) is 0 Å². The lowest BCUT2D eigenvalue weighted by atomic mass is 10.1. The Kier molecular flexibility index (Phi) is 5.68. The number of carbonyl (C=O) groups is 1. The second-order valence-electron chi connectivity index (χ2n) is 5.66. The Morgan fingerprint density at radius 1 is 1.43 bits per heavy atom. The van der Waals surface area contributed by atoms with E-state index in [-0.39, 0.29) is 17.0 Å². The number of non-ortho nitro benzene ring substituents is 1. The number of nitrogens with zero attached hydrogens (tertiary/aromatic N) is 2. The molecule has 2 N–H and O–H groups in total. The number of amides is 1. The number of anilines is 1. The maximum Gasteiger partial charge on any atom is 0.273 e. The molecule has 0 heterocycles. The third-order valence-electron chi connectivity index (χ3n) is 2.62. The van der Waals surface area contributed by atoms with E-state index in [4.69, 9.17) is 10.00 Å². The number of rotatable bonds is 5. The summed E-state index contributed by atoms with van der Waals surface area (Å²) in [5, 5.41) is 25.2. The number of benzene rings is 1. The molecule has 0 atom stereocenters. The number of methoxy groups -OCH3 is 1. The number of ether oxygens (including phenoxy) is 1. The molecule has 0 unspecified atom stereocenters. The van der Waals surface area contributed by atoms with Crippen LogP contribution in [-0.2, 0) is 4.79 Å². The highest BCUT2D eigenvalue weighted by Gasteiger charge is 2.17. The van der Waals surface area contributed by atoms with Crippen molar-refractivity contribution in [2.45, 2.75) is 26.3 Å². The van der Waals surface area contributed by atoms with Gasteiger partial charge in [0.25, 0.3) is 11.6 Å².